The molecular weight excluding hydrogens is 2030 g/mol. The summed E-state index contributed by atoms with van der Waals surface area (Å²) >= 11 is 0. The molecule has 0 N–H and O–H groups in total. The van der Waals surface area contributed by atoms with Crippen LogP contribution < -0.4 is 0 Å². The second-order valence-corrected chi connectivity index (χ2v) is 0. The zero-order valence-corrected chi connectivity index (χ0v) is 39.8. The molecule has 32 heavy (non-hydrogen) atoms. The normalized spacial score (nSPS) is 0. The minimum Gasteiger partial charge on any atom is 0 e. The van der Waals surface area contributed by atoms with Crippen LogP contribution in [0, 0.1) is 0 Å². The van der Waals surface area contributed by atoms with Gasteiger partial charge >= 0.3 is 0 Å². The molecule has 352 valence electrons. The largest absolute Gasteiger partial charge is 0 e. The maximum Gasteiger partial charge on any atom is 0 e. The molecule has 0 aromatic carbocycles. The molecule has 0 saturated heterocycles. The first kappa shape index (κ1) is 399. The second-order valence-electron chi connectivity index (χ2n) is 0. The Kier molecular flexibility index (Phi) is 4670. The van der Waals surface area contributed by atoms with Crippen molar-refractivity contribution >= 4 is 0 Å². The zero-order valence-electron chi connectivity index (χ0n) is 9.65. The van der Waals surface area contributed by atoms with Gasteiger partial charge in [-0.05, 0) is 0 Å². The van der Waals surface area contributed by atoms with Gasteiger partial charge in [-0.15, -0.1) is 0 Å². The summed E-state index contributed by atoms with van der Waals surface area (Å²) in [5, 5.41) is 0. The van der Waals surface area contributed by atoms with E-state index in [0.717, 1.165) is 0 Å². The van der Waals surface area contributed by atoms with Crippen molar-refractivity contribution in [2.24, 2.45) is 0 Å². The number of hydrogen-bond acceptors (Lipinski definition) is 0. The van der Waals surface area contributed by atoms with E-state index in [1.165, 1.54) is 0 Å². The fourth-order valence-corrected chi connectivity index (χ4v) is 0. The molecule has 0 fully saturated rings. The van der Waals surface area contributed by atoms with Crippen molar-refractivity contribution in [3.05, 3.63) is 0 Å². The topological polar surface area (TPSA) is 0 Å². The predicted molar refractivity (Wildman–Crippen MR) is 0 cm³/mol. The van der Waals surface area contributed by atoms with E-state index in [2.05, 4.69) is 0 Å². The molecule has 0 aliphatic heterocycles. The zero-order chi connectivity index (χ0) is 0. The molecule has 0 aliphatic carbocycles. The predicted octanol–water partition coefficient (Wildman–Crippen LogP) is -0.0800. The van der Waals surface area contributed by atoms with Gasteiger partial charge in [0.15, 0.2) is 0 Å². The Labute approximate surface area is 532 Å². The van der Waals surface area contributed by atoms with Gasteiger partial charge in [0.1, 0.15) is 0 Å². The van der Waals surface area contributed by atoms with Crippen LogP contribution >= 0.6 is 0 Å². The first-order valence-corrected chi connectivity index (χ1v) is 0. The van der Waals surface area contributed by atoms with Gasteiger partial charge in [-0.3, -0.25) is 0 Å². The van der Waals surface area contributed by atoms with Crippen molar-refractivity contribution in [3.8, 4) is 0 Å². The van der Waals surface area contributed by atoms with Crippen LogP contribution in [0.1, 0.15) is 0 Å². The van der Waals surface area contributed by atoms with Crippen LogP contribution in [0.15, 0.2) is 0 Å². The van der Waals surface area contributed by atoms with E-state index in [1.807, 2.05) is 0 Å². The summed E-state index contributed by atoms with van der Waals surface area (Å²) in [7, 11) is 0. The van der Waals surface area contributed by atoms with Gasteiger partial charge in [0, 0.05) is 546 Å². The summed E-state index contributed by atoms with van der Waals surface area (Å²) in [6.45, 7) is 0. The van der Waals surface area contributed by atoms with Crippen LogP contribution in [0.3, 0.4) is 0 Å². The van der Waals surface area contributed by atoms with E-state index in [1.54, 1.807) is 0 Å². The fourth-order valence-electron chi connectivity index (χ4n) is 0. The molecule has 0 aromatic rings. The molecule has 0 rings (SSSR count). The summed E-state index contributed by atoms with van der Waals surface area (Å²) < 4.78 is 0. The molecule has 0 unspecified atom stereocenters. The molecule has 32 heteroatoms. The monoisotopic (exact) mass is 2010 g/mol. The van der Waals surface area contributed by atoms with Crippen molar-refractivity contribution in [2.75, 3.05) is 0 Å². The third kappa shape index (κ3) is 351. The van der Waals surface area contributed by atoms with Gasteiger partial charge in [-0.2, -0.15) is 0 Å². The molecule has 0 spiro atoms. The molecule has 0 nitrogen and oxygen atoms in total. The summed E-state index contributed by atoms with van der Waals surface area (Å²) in [6.07, 6.45) is 0. The van der Waals surface area contributed by atoms with Crippen molar-refractivity contribution in [3.63, 3.8) is 0 Å². The third-order valence-corrected chi connectivity index (χ3v) is 0. The van der Waals surface area contributed by atoms with E-state index in [0.29, 0.717) is 0 Å². The number of hydrogen-bond donors (Lipinski definition) is 0. The van der Waals surface area contributed by atoms with Gasteiger partial charge in [-0.25, -0.2) is 0 Å². The van der Waals surface area contributed by atoms with Crippen molar-refractivity contribution in [1.29, 1.82) is 0 Å². The van der Waals surface area contributed by atoms with Gasteiger partial charge in [0.05, 0.1) is 0 Å². The minimum atomic E-state index is 0. The Morgan fingerprint density at radius 1 is 0.0312 bits per heavy atom. The van der Waals surface area contributed by atoms with Crippen molar-refractivity contribution < 1.29 is 546 Å². The molecule has 0 saturated carbocycles. The standard InChI is InChI=1S/32Cu. The molecule has 32 radical (unpaired) electrons. The Hall–Kier alpha value is 16.6. The van der Waals surface area contributed by atoms with E-state index in [-0.39, 0.29) is 546 Å². The van der Waals surface area contributed by atoms with Gasteiger partial charge in [0.25, 0.3) is 0 Å². The maximum atomic E-state index is 0. The first-order chi connectivity index (χ1) is 0. The second kappa shape index (κ2) is 375. The van der Waals surface area contributed by atoms with Crippen LogP contribution in [0.2, 0.25) is 0 Å². The Morgan fingerprint density at radius 2 is 0.0312 bits per heavy atom. The van der Waals surface area contributed by atoms with Gasteiger partial charge in [-0.1, -0.05) is 0 Å². The van der Waals surface area contributed by atoms with Crippen LogP contribution in [-0.2, 0) is 546 Å². The van der Waals surface area contributed by atoms with E-state index in [4.69, 9.17) is 0 Å². The number of rotatable bonds is 0. The minimum absolute atomic E-state index is 0. The Bertz CT molecular complexity index is 0. The summed E-state index contributed by atoms with van der Waals surface area (Å²) in [5.74, 6) is 0. The third-order valence-electron chi connectivity index (χ3n) is 0. The smallest absolute Gasteiger partial charge is 0 e. The average molecular weight is 2030 g/mol. The quantitative estimate of drug-likeness (QED) is 0.299. The Morgan fingerprint density at radius 3 is 0.0312 bits per heavy atom. The maximum absolute atomic E-state index is 0. The van der Waals surface area contributed by atoms with Crippen LogP contribution in [-0.4, -0.2) is 0 Å². The van der Waals surface area contributed by atoms with E-state index < -0.39 is 0 Å². The van der Waals surface area contributed by atoms with Crippen LogP contribution in [0.5, 0.6) is 0 Å². The average Bonchev–Trinajstić information content (AvgIpc) is 0. The van der Waals surface area contributed by atoms with Gasteiger partial charge in [0.2, 0.25) is 0 Å². The Balaban J connectivity index is 0. The first-order valence-electron chi connectivity index (χ1n) is 0. The summed E-state index contributed by atoms with van der Waals surface area (Å²) in [5.41, 5.74) is 0. The van der Waals surface area contributed by atoms with E-state index >= 15 is 0 Å². The molecule has 0 atom stereocenters. The molecule has 0 bridgehead atoms. The van der Waals surface area contributed by atoms with Crippen LogP contribution in [0.4, 0.5) is 0 Å². The molecule has 0 aromatic heterocycles. The molecule has 0 heterocycles. The molecule has 0 amide bonds. The van der Waals surface area contributed by atoms with Gasteiger partial charge < -0.3 is 0 Å². The van der Waals surface area contributed by atoms with Crippen LogP contribution in [0.25, 0.3) is 0 Å². The summed E-state index contributed by atoms with van der Waals surface area (Å²) in [4.78, 5) is 0. The van der Waals surface area contributed by atoms with Crippen molar-refractivity contribution in [1.82, 2.24) is 0 Å². The molecular formula is Cu32. The fraction of sp³-hybridized carbons (Fsp3) is 0. The SMILES string of the molecule is [Cu].[Cu].[Cu].[Cu].[Cu].[Cu].[Cu].[Cu].[Cu].[Cu].[Cu].[Cu].[Cu].[Cu].[Cu].[Cu].[Cu].[Cu].[Cu].[Cu].[Cu].[Cu].[Cu].[Cu].[Cu].[Cu].[Cu].[Cu].[Cu].[Cu].[Cu].[Cu]. The van der Waals surface area contributed by atoms with Crippen molar-refractivity contribution in [2.45, 2.75) is 0 Å². The molecule has 0 aliphatic rings. The van der Waals surface area contributed by atoms with E-state index in [9.17, 15) is 0 Å². The summed E-state index contributed by atoms with van der Waals surface area (Å²) in [6, 6.07) is 0.